The molecule has 1 saturated heterocycles. The van der Waals surface area contributed by atoms with Gasteiger partial charge in [0.15, 0.2) is 0 Å². The molecule has 30 heavy (non-hydrogen) atoms. The maximum Gasteiger partial charge on any atom is 0.338 e. The fraction of sp³-hybridized carbons (Fsp3) is 0.545. The Hall–Kier alpha value is -3.08. The van der Waals surface area contributed by atoms with Crippen LogP contribution in [0.15, 0.2) is 24.3 Å². The number of urea groups is 1. The topological polar surface area (TPSA) is 103 Å². The highest BCUT2D eigenvalue weighted by atomic mass is 16.5. The molecule has 1 aromatic rings. The molecule has 3 amide bonds. The molecule has 8 heteroatoms. The van der Waals surface area contributed by atoms with E-state index in [9.17, 15) is 14.4 Å². The lowest BCUT2D eigenvalue weighted by molar-refractivity contribution is -0.131. The SMILES string of the molecule is CCOC(=O)c1cccc(NC(=O)N2CC[C@@H](CC(=O)N(C)CC#N)[C@@H](CC)C2)c1. The van der Waals surface area contributed by atoms with Crippen LogP contribution in [-0.2, 0) is 9.53 Å². The number of benzene rings is 1. The van der Waals surface area contributed by atoms with Crippen molar-refractivity contribution in [3.63, 3.8) is 0 Å². The van der Waals surface area contributed by atoms with Gasteiger partial charge in [-0.25, -0.2) is 9.59 Å². The number of hydrogen-bond acceptors (Lipinski definition) is 5. The number of piperidine rings is 1. The standard InChI is InChI=1S/C22H30N4O4/c1-4-16-15-26(11-9-17(16)14-20(27)25(3)12-10-23)22(29)24-19-8-6-7-18(13-19)21(28)30-5-2/h6-8,13,16-17H,4-5,9,11-12,14-15H2,1-3H3,(H,24,29)/t16-,17-/m0/s1. The average Bonchev–Trinajstić information content (AvgIpc) is 2.74. The third-order valence-electron chi connectivity index (χ3n) is 5.50. The van der Waals surface area contributed by atoms with Crippen LogP contribution in [0.3, 0.4) is 0 Å². The molecule has 162 valence electrons. The van der Waals surface area contributed by atoms with Crippen LogP contribution >= 0.6 is 0 Å². The maximum absolute atomic E-state index is 12.7. The minimum absolute atomic E-state index is 0.0336. The molecule has 0 radical (unpaired) electrons. The van der Waals surface area contributed by atoms with E-state index in [1.54, 1.807) is 43.1 Å². The summed E-state index contributed by atoms with van der Waals surface area (Å²) < 4.78 is 5.00. The predicted molar refractivity (Wildman–Crippen MR) is 113 cm³/mol. The smallest absolute Gasteiger partial charge is 0.338 e. The van der Waals surface area contributed by atoms with Crippen LogP contribution in [0.2, 0.25) is 0 Å². The lowest BCUT2D eigenvalue weighted by Crippen LogP contribution is -2.46. The van der Waals surface area contributed by atoms with Crippen molar-refractivity contribution in [3.8, 4) is 6.07 Å². The third-order valence-corrected chi connectivity index (χ3v) is 5.50. The molecule has 0 unspecified atom stereocenters. The Morgan fingerprint density at radius 2 is 2.07 bits per heavy atom. The Morgan fingerprint density at radius 1 is 1.30 bits per heavy atom. The van der Waals surface area contributed by atoms with E-state index in [4.69, 9.17) is 10.00 Å². The van der Waals surface area contributed by atoms with Gasteiger partial charge in [-0.3, -0.25) is 4.79 Å². The molecule has 0 saturated carbocycles. The molecule has 8 nitrogen and oxygen atoms in total. The average molecular weight is 415 g/mol. The molecule has 0 bridgehead atoms. The zero-order valence-electron chi connectivity index (χ0n) is 17.9. The highest BCUT2D eigenvalue weighted by Gasteiger charge is 2.32. The molecular formula is C22H30N4O4. The fourth-order valence-electron chi connectivity index (χ4n) is 3.71. The monoisotopic (exact) mass is 414 g/mol. The molecule has 1 N–H and O–H groups in total. The maximum atomic E-state index is 12.7. The molecule has 2 atom stereocenters. The number of rotatable bonds is 7. The van der Waals surface area contributed by atoms with E-state index in [-0.39, 0.29) is 36.9 Å². The number of carbonyl (C=O) groups excluding carboxylic acids is 3. The second-order valence-corrected chi connectivity index (χ2v) is 7.51. The second kappa shape index (κ2) is 11.2. The van der Waals surface area contributed by atoms with Crippen molar-refractivity contribution in [1.29, 1.82) is 5.26 Å². The zero-order chi connectivity index (χ0) is 22.1. The molecule has 0 aromatic heterocycles. The van der Waals surface area contributed by atoms with Crippen molar-refractivity contribution < 1.29 is 19.1 Å². The molecule has 1 fully saturated rings. The van der Waals surface area contributed by atoms with Crippen LogP contribution in [-0.4, -0.2) is 61.0 Å². The van der Waals surface area contributed by atoms with Crippen molar-refractivity contribution in [3.05, 3.63) is 29.8 Å². The van der Waals surface area contributed by atoms with E-state index in [0.29, 0.717) is 30.8 Å². The number of nitrogens with zero attached hydrogens (tertiary/aromatic N) is 3. The van der Waals surface area contributed by atoms with Gasteiger partial charge in [-0.15, -0.1) is 0 Å². The first kappa shape index (κ1) is 23.2. The van der Waals surface area contributed by atoms with Gasteiger partial charge in [-0.05, 0) is 43.4 Å². The summed E-state index contributed by atoms with van der Waals surface area (Å²) in [6.45, 7) is 5.30. The molecule has 1 aliphatic rings. The number of ether oxygens (including phenoxy) is 1. The van der Waals surface area contributed by atoms with Crippen molar-refractivity contribution in [1.82, 2.24) is 9.80 Å². The Morgan fingerprint density at radius 3 is 2.73 bits per heavy atom. The second-order valence-electron chi connectivity index (χ2n) is 7.51. The normalized spacial score (nSPS) is 18.3. The Kier molecular flexibility index (Phi) is 8.66. The van der Waals surface area contributed by atoms with Gasteiger partial charge in [0.1, 0.15) is 6.54 Å². The first-order chi connectivity index (χ1) is 14.4. The summed E-state index contributed by atoms with van der Waals surface area (Å²) in [7, 11) is 1.64. The summed E-state index contributed by atoms with van der Waals surface area (Å²) in [5.74, 6) is -0.0465. The van der Waals surface area contributed by atoms with Gasteiger partial charge in [-0.1, -0.05) is 19.4 Å². The lowest BCUT2D eigenvalue weighted by atomic mass is 9.81. The van der Waals surface area contributed by atoms with Gasteiger partial charge >= 0.3 is 12.0 Å². The summed E-state index contributed by atoms with van der Waals surface area (Å²) in [5, 5.41) is 11.6. The van der Waals surface area contributed by atoms with E-state index in [2.05, 4.69) is 12.2 Å². The Labute approximate surface area is 177 Å². The first-order valence-electron chi connectivity index (χ1n) is 10.3. The van der Waals surface area contributed by atoms with Crippen molar-refractivity contribution in [2.45, 2.75) is 33.1 Å². The quantitative estimate of drug-likeness (QED) is 0.545. The molecule has 1 aliphatic heterocycles. The van der Waals surface area contributed by atoms with Crippen LogP contribution in [0.4, 0.5) is 10.5 Å². The van der Waals surface area contributed by atoms with Gasteiger partial charge < -0.3 is 19.9 Å². The predicted octanol–water partition coefficient (Wildman–Crippen LogP) is 3.12. The number of carbonyl (C=O) groups is 3. The van der Waals surface area contributed by atoms with Crippen LogP contribution in [0, 0.1) is 23.2 Å². The van der Waals surface area contributed by atoms with Crippen molar-refractivity contribution in [2.24, 2.45) is 11.8 Å². The van der Waals surface area contributed by atoms with E-state index < -0.39 is 5.97 Å². The number of nitrogens with one attached hydrogen (secondary N) is 1. The number of amides is 3. The summed E-state index contributed by atoms with van der Waals surface area (Å²) in [6.07, 6.45) is 2.00. The minimum Gasteiger partial charge on any atom is -0.462 e. The molecular weight excluding hydrogens is 384 g/mol. The number of anilines is 1. The molecule has 0 spiro atoms. The van der Waals surface area contributed by atoms with Gasteiger partial charge in [0.2, 0.25) is 5.91 Å². The molecule has 1 heterocycles. The van der Waals surface area contributed by atoms with Crippen LogP contribution < -0.4 is 5.32 Å². The number of nitriles is 1. The summed E-state index contributed by atoms with van der Waals surface area (Å²) in [4.78, 5) is 40.1. The highest BCUT2D eigenvalue weighted by molar-refractivity contribution is 5.94. The molecule has 0 aliphatic carbocycles. The third kappa shape index (κ3) is 6.21. The van der Waals surface area contributed by atoms with Gasteiger partial charge in [0, 0.05) is 32.2 Å². The summed E-state index contributed by atoms with van der Waals surface area (Å²) >= 11 is 0. The fourth-order valence-corrected chi connectivity index (χ4v) is 3.71. The number of likely N-dealkylation sites (tertiary alicyclic amines) is 1. The Balaban J connectivity index is 1.96. The minimum atomic E-state index is -0.425. The first-order valence-corrected chi connectivity index (χ1v) is 10.3. The van der Waals surface area contributed by atoms with Crippen LogP contribution in [0.5, 0.6) is 0 Å². The largest absolute Gasteiger partial charge is 0.462 e. The van der Waals surface area contributed by atoms with E-state index in [0.717, 1.165) is 12.8 Å². The van der Waals surface area contributed by atoms with E-state index in [1.807, 2.05) is 6.07 Å². The summed E-state index contributed by atoms with van der Waals surface area (Å²) in [5.41, 5.74) is 0.925. The van der Waals surface area contributed by atoms with Gasteiger partial charge in [0.25, 0.3) is 0 Å². The number of hydrogen-bond donors (Lipinski definition) is 1. The van der Waals surface area contributed by atoms with Crippen molar-refractivity contribution in [2.75, 3.05) is 38.6 Å². The highest BCUT2D eigenvalue weighted by Crippen LogP contribution is 2.30. The molecule has 1 aromatic carbocycles. The van der Waals surface area contributed by atoms with Gasteiger partial charge in [-0.2, -0.15) is 5.26 Å². The van der Waals surface area contributed by atoms with Gasteiger partial charge in [0.05, 0.1) is 18.2 Å². The Bertz CT molecular complexity index is 805. The van der Waals surface area contributed by atoms with E-state index >= 15 is 0 Å². The lowest BCUT2D eigenvalue weighted by Gasteiger charge is -2.38. The summed E-state index contributed by atoms with van der Waals surface area (Å²) in [6, 6.07) is 8.44. The number of esters is 1. The zero-order valence-corrected chi connectivity index (χ0v) is 17.9. The molecule has 2 rings (SSSR count). The van der Waals surface area contributed by atoms with Crippen LogP contribution in [0.1, 0.15) is 43.5 Å². The van der Waals surface area contributed by atoms with Crippen molar-refractivity contribution >= 4 is 23.6 Å². The van der Waals surface area contributed by atoms with E-state index in [1.165, 1.54) is 4.90 Å². The van der Waals surface area contributed by atoms with Crippen LogP contribution in [0.25, 0.3) is 0 Å².